The summed E-state index contributed by atoms with van der Waals surface area (Å²) >= 11 is 0. The minimum Gasteiger partial charge on any atom is -0.352 e. The number of halogens is 1. The Balaban J connectivity index is 1.82. The predicted molar refractivity (Wildman–Crippen MR) is 108 cm³/mol. The molecule has 0 fully saturated rings. The summed E-state index contributed by atoms with van der Waals surface area (Å²) in [5.41, 5.74) is 1.07. The maximum Gasteiger partial charge on any atom is 0.281 e. The molecule has 0 radical (unpaired) electrons. The van der Waals surface area contributed by atoms with Gasteiger partial charge in [-0.1, -0.05) is 26.0 Å². The second-order valence-electron chi connectivity index (χ2n) is 7.29. The van der Waals surface area contributed by atoms with Crippen LogP contribution in [0.3, 0.4) is 0 Å². The van der Waals surface area contributed by atoms with Crippen LogP contribution in [0.25, 0.3) is 27.8 Å². The normalized spacial score (nSPS) is 11.4. The second-order valence-corrected chi connectivity index (χ2v) is 7.29. The van der Waals surface area contributed by atoms with Crippen LogP contribution >= 0.6 is 0 Å². The van der Waals surface area contributed by atoms with Gasteiger partial charge >= 0.3 is 0 Å². The van der Waals surface area contributed by atoms with E-state index < -0.39 is 11.4 Å². The molecule has 7 nitrogen and oxygen atoms in total. The van der Waals surface area contributed by atoms with Crippen molar-refractivity contribution in [2.75, 3.05) is 6.54 Å². The highest BCUT2D eigenvalue weighted by Gasteiger charge is 2.17. The Labute approximate surface area is 165 Å². The first-order chi connectivity index (χ1) is 14.0. The smallest absolute Gasteiger partial charge is 0.281 e. The first-order valence-corrected chi connectivity index (χ1v) is 9.39. The molecule has 4 rings (SSSR count). The van der Waals surface area contributed by atoms with Gasteiger partial charge in [0.25, 0.3) is 11.5 Å². The number of aromatic nitrogens is 4. The van der Waals surface area contributed by atoms with E-state index in [1.807, 2.05) is 0 Å². The molecule has 0 bridgehead atoms. The molecule has 8 heteroatoms. The topological polar surface area (TPSA) is 92.2 Å². The number of carbonyl (C=O) groups is 1. The molecule has 2 heterocycles. The summed E-state index contributed by atoms with van der Waals surface area (Å²) in [7, 11) is 0. The van der Waals surface area contributed by atoms with E-state index in [9.17, 15) is 14.0 Å². The zero-order valence-corrected chi connectivity index (χ0v) is 16.1. The van der Waals surface area contributed by atoms with E-state index in [4.69, 9.17) is 0 Å². The number of amides is 1. The Kier molecular flexibility index (Phi) is 4.84. The summed E-state index contributed by atoms with van der Waals surface area (Å²) in [6.07, 6.45) is 0.874. The molecule has 4 aromatic rings. The summed E-state index contributed by atoms with van der Waals surface area (Å²) in [5, 5.41) is 10.1. The molecule has 0 aliphatic heterocycles. The molecule has 0 spiro atoms. The van der Waals surface area contributed by atoms with E-state index in [2.05, 4.69) is 34.5 Å². The number of nitrogens with one attached hydrogen (secondary N) is 2. The fourth-order valence-electron chi connectivity index (χ4n) is 3.18. The fourth-order valence-corrected chi connectivity index (χ4v) is 3.18. The first-order valence-electron chi connectivity index (χ1n) is 9.39. The Morgan fingerprint density at radius 1 is 1.24 bits per heavy atom. The van der Waals surface area contributed by atoms with Gasteiger partial charge in [-0.25, -0.2) is 14.1 Å². The average molecular weight is 393 g/mol. The van der Waals surface area contributed by atoms with Crippen LogP contribution in [0.5, 0.6) is 0 Å². The maximum atomic E-state index is 14.2. The molecule has 0 saturated carbocycles. The third kappa shape index (κ3) is 3.49. The van der Waals surface area contributed by atoms with E-state index in [0.717, 1.165) is 6.42 Å². The van der Waals surface area contributed by atoms with Crippen molar-refractivity contribution in [3.05, 3.63) is 64.2 Å². The van der Waals surface area contributed by atoms with E-state index in [1.165, 1.54) is 10.6 Å². The molecule has 148 valence electrons. The van der Waals surface area contributed by atoms with Gasteiger partial charge in [0.05, 0.1) is 10.9 Å². The number of H-pyrrole nitrogens is 1. The van der Waals surface area contributed by atoms with Crippen molar-refractivity contribution in [1.82, 2.24) is 25.1 Å². The lowest BCUT2D eigenvalue weighted by Gasteiger charge is -2.08. The van der Waals surface area contributed by atoms with Crippen molar-refractivity contribution >= 4 is 22.5 Å². The Bertz CT molecular complexity index is 1280. The third-order valence-corrected chi connectivity index (χ3v) is 4.76. The van der Waals surface area contributed by atoms with Gasteiger partial charge in [-0.15, -0.1) is 0 Å². The largest absolute Gasteiger partial charge is 0.352 e. The molecule has 0 saturated heterocycles. The number of hydrogen-bond acceptors (Lipinski definition) is 4. The summed E-state index contributed by atoms with van der Waals surface area (Å²) in [4.78, 5) is 29.1. The molecule has 2 N–H and O–H groups in total. The highest BCUT2D eigenvalue weighted by molar-refractivity contribution is 5.98. The lowest BCUT2D eigenvalue weighted by molar-refractivity contribution is 0.0952. The van der Waals surface area contributed by atoms with Crippen molar-refractivity contribution < 1.29 is 9.18 Å². The van der Waals surface area contributed by atoms with Gasteiger partial charge < -0.3 is 5.32 Å². The molecule has 0 unspecified atom stereocenters. The number of nitrogens with zero attached hydrogens (tertiary/aromatic N) is 3. The van der Waals surface area contributed by atoms with Crippen molar-refractivity contribution in [3.63, 3.8) is 0 Å². The second kappa shape index (κ2) is 7.46. The highest BCUT2D eigenvalue weighted by atomic mass is 19.1. The minimum atomic E-state index is -0.467. The third-order valence-electron chi connectivity index (χ3n) is 4.76. The molecule has 2 aromatic carbocycles. The van der Waals surface area contributed by atoms with Gasteiger partial charge in [-0.3, -0.25) is 9.59 Å². The standard InChI is InChI=1S/C21H20FN5O2/c1-12(2)9-10-23-20(28)13-7-8-15-17(11-13)27-19(24-21(15)29)18(25-26-27)14-5-3-4-6-16(14)22/h3-8,11-12,26H,9-10H2,1-2H3,(H,23,28). The molecule has 0 atom stereocenters. The number of benzene rings is 2. The van der Waals surface area contributed by atoms with Gasteiger partial charge in [-0.05, 0) is 42.7 Å². The number of aromatic amines is 1. The van der Waals surface area contributed by atoms with Crippen LogP contribution in [-0.2, 0) is 0 Å². The van der Waals surface area contributed by atoms with Crippen molar-refractivity contribution in [2.45, 2.75) is 20.3 Å². The molecule has 0 aliphatic carbocycles. The van der Waals surface area contributed by atoms with Crippen LogP contribution < -0.4 is 10.9 Å². The highest BCUT2D eigenvalue weighted by Crippen LogP contribution is 2.25. The maximum absolute atomic E-state index is 14.2. The summed E-state index contributed by atoms with van der Waals surface area (Å²) in [6.45, 7) is 4.75. The Morgan fingerprint density at radius 3 is 2.79 bits per heavy atom. The van der Waals surface area contributed by atoms with Crippen LogP contribution in [0.4, 0.5) is 4.39 Å². The monoisotopic (exact) mass is 393 g/mol. The average Bonchev–Trinajstić information content (AvgIpc) is 3.11. The zero-order valence-electron chi connectivity index (χ0n) is 16.1. The minimum absolute atomic E-state index is 0.199. The number of hydrogen-bond donors (Lipinski definition) is 2. The Morgan fingerprint density at radius 2 is 2.03 bits per heavy atom. The van der Waals surface area contributed by atoms with E-state index in [-0.39, 0.29) is 22.8 Å². The number of carbonyl (C=O) groups excluding carboxylic acids is 1. The van der Waals surface area contributed by atoms with Crippen molar-refractivity contribution in [3.8, 4) is 11.3 Å². The van der Waals surface area contributed by atoms with Crippen LogP contribution in [0, 0.1) is 11.7 Å². The van der Waals surface area contributed by atoms with Crippen LogP contribution in [0.15, 0.2) is 47.3 Å². The van der Waals surface area contributed by atoms with Gasteiger partial charge in [-0.2, -0.15) is 10.1 Å². The predicted octanol–water partition coefficient (Wildman–Crippen LogP) is 3.15. The summed E-state index contributed by atoms with van der Waals surface area (Å²) < 4.78 is 15.7. The van der Waals surface area contributed by atoms with Crippen LogP contribution in [0.1, 0.15) is 30.6 Å². The SMILES string of the molecule is CC(C)CCNC(=O)c1ccc2c(=O)nc3c(-c4ccccc4F)n[nH]n3c2c1. The van der Waals surface area contributed by atoms with Crippen LogP contribution in [0.2, 0.25) is 0 Å². The van der Waals surface area contributed by atoms with E-state index in [1.54, 1.807) is 36.4 Å². The number of rotatable bonds is 5. The fraction of sp³-hybridized carbons (Fsp3) is 0.238. The van der Waals surface area contributed by atoms with Crippen LogP contribution in [-0.4, -0.2) is 32.3 Å². The lowest BCUT2D eigenvalue weighted by Crippen LogP contribution is -2.25. The first kappa shape index (κ1) is 18.8. The molecular weight excluding hydrogens is 373 g/mol. The van der Waals surface area contributed by atoms with Gasteiger partial charge in [0, 0.05) is 17.7 Å². The van der Waals surface area contributed by atoms with Crippen molar-refractivity contribution in [1.29, 1.82) is 0 Å². The molecule has 0 aliphatic rings. The molecule has 1 amide bonds. The Hall–Kier alpha value is -3.55. The summed E-state index contributed by atoms with van der Waals surface area (Å²) in [5.74, 6) is -0.202. The van der Waals surface area contributed by atoms with Crippen molar-refractivity contribution in [2.24, 2.45) is 5.92 Å². The zero-order chi connectivity index (χ0) is 20.5. The molecule has 29 heavy (non-hydrogen) atoms. The number of fused-ring (bicyclic) bond motifs is 3. The quantitative estimate of drug-likeness (QED) is 0.545. The molecular formula is C21H20FN5O2. The summed E-state index contributed by atoms with van der Waals surface area (Å²) in [6, 6.07) is 10.9. The molecule has 2 aromatic heterocycles. The van der Waals surface area contributed by atoms with E-state index >= 15 is 0 Å². The van der Waals surface area contributed by atoms with Gasteiger partial charge in [0.2, 0.25) is 0 Å². The van der Waals surface area contributed by atoms with Gasteiger partial charge in [0.15, 0.2) is 5.65 Å². The van der Waals surface area contributed by atoms with Gasteiger partial charge in [0.1, 0.15) is 11.5 Å². The lowest BCUT2D eigenvalue weighted by atomic mass is 10.1. The van der Waals surface area contributed by atoms with E-state index in [0.29, 0.717) is 28.9 Å².